The molecular weight excluding hydrogens is 301 g/mol. The Hall–Kier alpha value is -2.47. The van der Waals surface area contributed by atoms with Crippen molar-refractivity contribution in [2.75, 3.05) is 11.9 Å². The topological polar surface area (TPSA) is 38.2 Å². The molecule has 4 nitrogen and oxygen atoms in total. The number of benzene rings is 1. The molecular formula is C16H14FN3OS. The van der Waals surface area contributed by atoms with Crippen molar-refractivity contribution in [3.05, 3.63) is 64.7 Å². The van der Waals surface area contributed by atoms with Gasteiger partial charge in [-0.2, -0.15) is 4.98 Å². The maximum atomic E-state index is 12.9. The molecule has 1 aromatic carbocycles. The van der Waals surface area contributed by atoms with E-state index in [2.05, 4.69) is 16.0 Å². The Morgan fingerprint density at radius 2 is 2.00 bits per heavy atom. The molecule has 0 N–H and O–H groups in total. The van der Waals surface area contributed by atoms with Gasteiger partial charge in [0.05, 0.1) is 6.54 Å². The van der Waals surface area contributed by atoms with Gasteiger partial charge in [0.2, 0.25) is 11.8 Å². The highest BCUT2D eigenvalue weighted by atomic mass is 32.1. The van der Waals surface area contributed by atoms with Crippen molar-refractivity contribution in [3.8, 4) is 11.6 Å². The van der Waals surface area contributed by atoms with Gasteiger partial charge in [0.1, 0.15) is 11.6 Å². The van der Waals surface area contributed by atoms with Crippen LogP contribution < -0.4 is 9.64 Å². The summed E-state index contributed by atoms with van der Waals surface area (Å²) in [6, 6.07) is 11.6. The smallest absolute Gasteiger partial charge is 0.228 e. The van der Waals surface area contributed by atoms with Crippen LogP contribution >= 0.6 is 11.3 Å². The molecule has 0 radical (unpaired) electrons. The number of hydrogen-bond donors (Lipinski definition) is 0. The minimum atomic E-state index is -0.300. The molecule has 0 bridgehead atoms. The first-order chi connectivity index (χ1) is 10.7. The second kappa shape index (κ2) is 6.53. The average molecular weight is 315 g/mol. The maximum absolute atomic E-state index is 12.9. The van der Waals surface area contributed by atoms with Crippen LogP contribution in [0.4, 0.5) is 10.3 Å². The van der Waals surface area contributed by atoms with Gasteiger partial charge in [-0.15, -0.1) is 11.3 Å². The molecule has 0 unspecified atom stereocenters. The van der Waals surface area contributed by atoms with E-state index < -0.39 is 0 Å². The lowest BCUT2D eigenvalue weighted by Crippen LogP contribution is -2.18. The summed E-state index contributed by atoms with van der Waals surface area (Å²) in [7, 11) is 1.93. The van der Waals surface area contributed by atoms with Crippen LogP contribution in [0.1, 0.15) is 4.88 Å². The normalized spacial score (nSPS) is 10.5. The van der Waals surface area contributed by atoms with Crippen LogP contribution in [0.15, 0.2) is 54.0 Å². The third kappa shape index (κ3) is 3.59. The second-order valence-electron chi connectivity index (χ2n) is 4.69. The van der Waals surface area contributed by atoms with Crippen molar-refractivity contribution in [2.45, 2.75) is 6.54 Å². The predicted molar refractivity (Wildman–Crippen MR) is 84.9 cm³/mol. The predicted octanol–water partition coefficient (Wildman–Crippen LogP) is 4.11. The number of hydrogen-bond acceptors (Lipinski definition) is 5. The molecule has 3 rings (SSSR count). The fourth-order valence-corrected chi connectivity index (χ4v) is 2.66. The quantitative estimate of drug-likeness (QED) is 0.710. The maximum Gasteiger partial charge on any atom is 0.228 e. The van der Waals surface area contributed by atoms with Crippen LogP contribution in [0.25, 0.3) is 0 Å². The molecule has 22 heavy (non-hydrogen) atoms. The van der Waals surface area contributed by atoms with Gasteiger partial charge >= 0.3 is 0 Å². The molecule has 2 heterocycles. The first-order valence-electron chi connectivity index (χ1n) is 6.71. The molecule has 6 heteroatoms. The van der Waals surface area contributed by atoms with E-state index >= 15 is 0 Å². The van der Waals surface area contributed by atoms with Crippen LogP contribution in [0.2, 0.25) is 0 Å². The molecule has 3 aromatic rings. The number of nitrogens with zero attached hydrogens (tertiary/aromatic N) is 3. The Morgan fingerprint density at radius 3 is 2.73 bits per heavy atom. The van der Waals surface area contributed by atoms with Gasteiger partial charge in [-0.1, -0.05) is 6.07 Å². The Morgan fingerprint density at radius 1 is 1.18 bits per heavy atom. The van der Waals surface area contributed by atoms with Crippen molar-refractivity contribution in [1.82, 2.24) is 9.97 Å². The second-order valence-corrected chi connectivity index (χ2v) is 5.72. The minimum absolute atomic E-state index is 0.300. The molecule has 0 spiro atoms. The van der Waals surface area contributed by atoms with Gasteiger partial charge in [0.25, 0.3) is 0 Å². The summed E-state index contributed by atoms with van der Waals surface area (Å²) in [4.78, 5) is 11.8. The summed E-state index contributed by atoms with van der Waals surface area (Å²) in [6.07, 6.45) is 1.64. The Labute approximate surface area is 131 Å². The number of thiophene rings is 1. The molecule has 112 valence electrons. The number of aromatic nitrogens is 2. The highest BCUT2D eigenvalue weighted by Gasteiger charge is 2.08. The Kier molecular flexibility index (Phi) is 4.29. The highest BCUT2D eigenvalue weighted by molar-refractivity contribution is 7.09. The molecule has 0 aliphatic carbocycles. The lowest BCUT2D eigenvalue weighted by atomic mass is 10.3. The lowest BCUT2D eigenvalue weighted by molar-refractivity contribution is 0.459. The Balaban J connectivity index is 1.73. The first-order valence-corrected chi connectivity index (χ1v) is 7.59. The van der Waals surface area contributed by atoms with Crippen LogP contribution in [0.5, 0.6) is 11.6 Å². The van der Waals surface area contributed by atoms with E-state index in [-0.39, 0.29) is 5.82 Å². The summed E-state index contributed by atoms with van der Waals surface area (Å²) in [5, 5.41) is 2.04. The van der Waals surface area contributed by atoms with Crippen LogP contribution in [0.3, 0.4) is 0 Å². The molecule has 0 aliphatic heterocycles. The average Bonchev–Trinajstić information content (AvgIpc) is 3.03. The zero-order valence-electron chi connectivity index (χ0n) is 11.9. The summed E-state index contributed by atoms with van der Waals surface area (Å²) in [5.41, 5.74) is 0. The van der Waals surface area contributed by atoms with Gasteiger partial charge in [0, 0.05) is 24.2 Å². The van der Waals surface area contributed by atoms with Gasteiger partial charge in [-0.05, 0) is 35.7 Å². The largest absolute Gasteiger partial charge is 0.439 e. The molecule has 0 saturated carbocycles. The van der Waals surface area contributed by atoms with Crippen molar-refractivity contribution in [2.24, 2.45) is 0 Å². The molecule has 0 saturated heterocycles. The first kappa shape index (κ1) is 14.5. The third-order valence-corrected chi connectivity index (χ3v) is 3.83. The fourth-order valence-electron chi connectivity index (χ4n) is 1.90. The molecule has 0 amide bonds. The number of ether oxygens (including phenoxy) is 1. The van der Waals surface area contributed by atoms with Gasteiger partial charge in [-0.25, -0.2) is 9.37 Å². The minimum Gasteiger partial charge on any atom is -0.439 e. The highest BCUT2D eigenvalue weighted by Crippen LogP contribution is 2.21. The zero-order valence-corrected chi connectivity index (χ0v) is 12.8. The summed E-state index contributed by atoms with van der Waals surface area (Å²) < 4.78 is 18.5. The summed E-state index contributed by atoms with van der Waals surface area (Å²) in [6.45, 7) is 0.734. The number of halogens is 1. The van der Waals surface area contributed by atoms with E-state index in [0.29, 0.717) is 17.6 Å². The SMILES string of the molecule is CN(Cc1cccs1)c1nccc(Oc2ccc(F)cc2)n1. The Bertz CT molecular complexity index is 731. The standard InChI is InChI=1S/C16H14FN3OS/c1-20(11-14-3-2-10-22-14)16-18-9-8-15(19-16)21-13-6-4-12(17)5-7-13/h2-10H,11H2,1H3. The van der Waals surface area contributed by atoms with E-state index in [1.54, 1.807) is 35.7 Å². The van der Waals surface area contributed by atoms with Crippen molar-refractivity contribution in [3.63, 3.8) is 0 Å². The number of rotatable bonds is 5. The fraction of sp³-hybridized carbons (Fsp3) is 0.125. The van der Waals surface area contributed by atoms with Crippen molar-refractivity contribution >= 4 is 17.3 Å². The van der Waals surface area contributed by atoms with Crippen LogP contribution in [-0.2, 0) is 6.54 Å². The monoisotopic (exact) mass is 315 g/mol. The van der Waals surface area contributed by atoms with E-state index in [0.717, 1.165) is 6.54 Å². The van der Waals surface area contributed by atoms with E-state index in [1.807, 2.05) is 23.4 Å². The number of anilines is 1. The van der Waals surface area contributed by atoms with Gasteiger partial charge in [0.15, 0.2) is 0 Å². The third-order valence-electron chi connectivity index (χ3n) is 2.97. The lowest BCUT2D eigenvalue weighted by Gasteiger charge is -2.16. The molecule has 2 aromatic heterocycles. The summed E-state index contributed by atoms with van der Waals surface area (Å²) >= 11 is 1.69. The summed E-state index contributed by atoms with van der Waals surface area (Å²) in [5.74, 6) is 1.24. The van der Waals surface area contributed by atoms with E-state index in [4.69, 9.17) is 4.74 Å². The van der Waals surface area contributed by atoms with E-state index in [9.17, 15) is 4.39 Å². The van der Waals surface area contributed by atoms with Crippen molar-refractivity contribution in [1.29, 1.82) is 0 Å². The van der Waals surface area contributed by atoms with Crippen LogP contribution in [0, 0.1) is 5.82 Å². The van der Waals surface area contributed by atoms with Crippen LogP contribution in [-0.4, -0.2) is 17.0 Å². The van der Waals surface area contributed by atoms with E-state index in [1.165, 1.54) is 17.0 Å². The van der Waals surface area contributed by atoms with Gasteiger partial charge in [-0.3, -0.25) is 0 Å². The van der Waals surface area contributed by atoms with Crippen molar-refractivity contribution < 1.29 is 9.13 Å². The van der Waals surface area contributed by atoms with Gasteiger partial charge < -0.3 is 9.64 Å². The molecule has 0 atom stereocenters. The molecule has 0 aliphatic rings. The molecule has 0 fully saturated rings. The zero-order chi connectivity index (χ0) is 15.4.